The van der Waals surface area contributed by atoms with Crippen molar-refractivity contribution in [2.45, 2.75) is 35.0 Å². The van der Waals surface area contributed by atoms with Crippen molar-refractivity contribution < 1.29 is 17.9 Å². The molecule has 0 radical (unpaired) electrons. The lowest BCUT2D eigenvalue weighted by molar-refractivity contribution is 0.359. The maximum Gasteiger partial charge on any atom is 0.207 e. The highest BCUT2D eigenvalue weighted by molar-refractivity contribution is 7.92. The monoisotopic (exact) mass is 604 g/mol. The van der Waals surface area contributed by atoms with Crippen molar-refractivity contribution >= 4 is 9.84 Å². The zero-order chi connectivity index (χ0) is 30.5. The minimum atomic E-state index is -3.51. The lowest BCUT2D eigenvalue weighted by Gasteiger charge is -2.39. The highest BCUT2D eigenvalue weighted by Crippen LogP contribution is 2.52. The van der Waals surface area contributed by atoms with Crippen LogP contribution < -0.4 is 9.47 Å². The molecule has 218 valence electrons. The summed E-state index contributed by atoms with van der Waals surface area (Å²) in [6.07, 6.45) is 0. The molecule has 0 saturated carbocycles. The second-order valence-electron chi connectivity index (χ2n) is 12.5. The highest BCUT2D eigenvalue weighted by Gasteiger charge is 2.38. The minimum Gasteiger partial charge on any atom is -0.450 e. The Kier molecular flexibility index (Phi) is 5.37. The summed E-state index contributed by atoms with van der Waals surface area (Å²) >= 11 is 0. The van der Waals surface area contributed by atoms with Gasteiger partial charge in [0.05, 0.1) is 9.79 Å². The van der Waals surface area contributed by atoms with E-state index in [0.29, 0.717) is 32.8 Å². The number of benzene rings is 6. The van der Waals surface area contributed by atoms with E-state index in [1.165, 1.54) is 22.3 Å². The maximum absolute atomic E-state index is 13.1. The summed E-state index contributed by atoms with van der Waals surface area (Å²) in [6, 6.07) is 42.3. The molecule has 45 heavy (non-hydrogen) atoms. The summed E-state index contributed by atoms with van der Waals surface area (Å²) in [5.74, 6) is 2.68. The number of hydrogen-bond acceptors (Lipinski definition) is 4. The molecule has 5 heteroatoms. The molecule has 1 aliphatic carbocycles. The van der Waals surface area contributed by atoms with Crippen LogP contribution in [0.15, 0.2) is 137 Å². The number of rotatable bonds is 2. The molecular formula is C40H28O4S. The van der Waals surface area contributed by atoms with E-state index in [9.17, 15) is 8.42 Å². The Bertz CT molecular complexity index is 2280. The van der Waals surface area contributed by atoms with Crippen molar-refractivity contribution in [1.82, 2.24) is 0 Å². The van der Waals surface area contributed by atoms with Gasteiger partial charge in [0, 0.05) is 22.5 Å². The predicted octanol–water partition coefficient (Wildman–Crippen LogP) is 9.88. The molecule has 9 rings (SSSR count). The van der Waals surface area contributed by atoms with Crippen LogP contribution in [0.3, 0.4) is 0 Å². The quantitative estimate of drug-likeness (QED) is 0.197. The van der Waals surface area contributed by atoms with Gasteiger partial charge in [-0.25, -0.2) is 8.42 Å². The van der Waals surface area contributed by atoms with E-state index < -0.39 is 9.84 Å². The number of hydrogen-bond donors (Lipinski definition) is 0. The molecule has 3 aliphatic rings. The summed E-state index contributed by atoms with van der Waals surface area (Å²) in [7, 11) is -3.51. The lowest BCUT2D eigenvalue weighted by Crippen LogP contribution is -2.29. The third-order valence-corrected chi connectivity index (χ3v) is 11.5. The molecule has 0 aromatic heterocycles. The topological polar surface area (TPSA) is 52.6 Å². The fraction of sp³-hybridized carbons (Fsp3) is 0.100. The Balaban J connectivity index is 1.10. The van der Waals surface area contributed by atoms with E-state index in [1.807, 2.05) is 48.5 Å². The molecule has 2 heterocycles. The maximum atomic E-state index is 13.1. The molecule has 0 amide bonds. The molecule has 2 aliphatic heterocycles. The third kappa shape index (κ3) is 3.74. The van der Waals surface area contributed by atoms with Crippen LogP contribution in [0.4, 0.5) is 0 Å². The van der Waals surface area contributed by atoms with Gasteiger partial charge >= 0.3 is 0 Å². The van der Waals surface area contributed by atoms with E-state index in [2.05, 4.69) is 74.5 Å². The van der Waals surface area contributed by atoms with Crippen LogP contribution in [0.5, 0.6) is 23.0 Å². The molecular weight excluding hydrogens is 577 g/mol. The summed E-state index contributed by atoms with van der Waals surface area (Å²) < 4.78 is 39.1. The Labute approximate surface area is 262 Å². The lowest BCUT2D eigenvalue weighted by atomic mass is 9.64. The molecule has 0 fully saturated rings. The van der Waals surface area contributed by atoms with Crippen LogP contribution in [0.1, 0.15) is 47.6 Å². The van der Waals surface area contributed by atoms with Gasteiger partial charge in [0.25, 0.3) is 0 Å². The normalized spacial score (nSPS) is 16.1. The van der Waals surface area contributed by atoms with Crippen LogP contribution in [-0.2, 0) is 15.3 Å². The number of fused-ring (bicyclic) bond motifs is 7. The van der Waals surface area contributed by atoms with Gasteiger partial charge in [0.15, 0.2) is 23.0 Å². The van der Waals surface area contributed by atoms with Gasteiger partial charge in [0.1, 0.15) is 0 Å². The number of sulfone groups is 1. The first-order valence-electron chi connectivity index (χ1n) is 15.1. The van der Waals surface area contributed by atoms with Crippen molar-refractivity contribution in [3.63, 3.8) is 0 Å². The van der Waals surface area contributed by atoms with Crippen molar-refractivity contribution in [3.05, 3.63) is 155 Å². The third-order valence-electron chi connectivity index (χ3n) is 9.64. The first kappa shape index (κ1) is 26.3. The summed E-state index contributed by atoms with van der Waals surface area (Å²) in [5, 5.41) is 0. The minimum absolute atomic E-state index is 0.0672. The SMILES string of the molecule is CC1(C)c2ccccc2C(c2ccc3c(c2)Oc2cc(-c4ccc5c(c4)-c4ccccc4S5(=O)=O)ccc2O3)c2ccccc21. The second-order valence-corrected chi connectivity index (χ2v) is 14.4. The van der Waals surface area contributed by atoms with Gasteiger partial charge in [-0.05, 0) is 81.4 Å². The predicted molar refractivity (Wildman–Crippen MR) is 175 cm³/mol. The van der Waals surface area contributed by atoms with Gasteiger partial charge in [-0.3, -0.25) is 0 Å². The Morgan fingerprint density at radius 3 is 1.84 bits per heavy atom. The van der Waals surface area contributed by atoms with Crippen molar-refractivity contribution in [2.75, 3.05) is 0 Å². The fourth-order valence-corrected chi connectivity index (χ4v) is 9.13. The molecule has 0 N–H and O–H groups in total. The van der Waals surface area contributed by atoms with E-state index in [4.69, 9.17) is 9.47 Å². The van der Waals surface area contributed by atoms with Gasteiger partial charge in [-0.1, -0.05) is 98.8 Å². The largest absolute Gasteiger partial charge is 0.450 e. The standard InChI is InChI=1S/C40H28O4S/c1-40(2)31-12-6-3-10-28(31)39(29-11-4-7-13-32(29)40)26-16-19-34-36(23-26)44-35-22-25(15-18-33(35)43-34)24-17-20-38-30(21-24)27-9-5-8-14-37(27)45(38,41)42/h3-23,39H,1-2H3. The first-order chi connectivity index (χ1) is 21.8. The zero-order valence-electron chi connectivity index (χ0n) is 24.7. The van der Waals surface area contributed by atoms with E-state index >= 15 is 0 Å². The molecule has 0 saturated heterocycles. The Morgan fingerprint density at radius 2 is 1.09 bits per heavy atom. The average Bonchev–Trinajstić information content (AvgIpc) is 3.29. The summed E-state index contributed by atoms with van der Waals surface area (Å²) in [4.78, 5) is 0.708. The molecule has 0 spiro atoms. The smallest absolute Gasteiger partial charge is 0.207 e. The van der Waals surface area contributed by atoms with Crippen molar-refractivity contribution in [2.24, 2.45) is 0 Å². The van der Waals surface area contributed by atoms with Gasteiger partial charge < -0.3 is 9.47 Å². The highest BCUT2D eigenvalue weighted by atomic mass is 32.2. The zero-order valence-corrected chi connectivity index (χ0v) is 25.6. The van der Waals surface area contributed by atoms with Crippen LogP contribution in [0, 0.1) is 0 Å². The molecule has 0 unspecified atom stereocenters. The van der Waals surface area contributed by atoms with E-state index in [-0.39, 0.29) is 11.3 Å². The molecule has 6 aromatic carbocycles. The van der Waals surface area contributed by atoms with Crippen molar-refractivity contribution in [1.29, 1.82) is 0 Å². The van der Waals surface area contributed by atoms with E-state index in [1.54, 1.807) is 18.2 Å². The average molecular weight is 605 g/mol. The summed E-state index contributed by atoms with van der Waals surface area (Å²) in [6.45, 7) is 4.61. The van der Waals surface area contributed by atoms with Crippen LogP contribution >= 0.6 is 0 Å². The van der Waals surface area contributed by atoms with Crippen molar-refractivity contribution in [3.8, 4) is 45.3 Å². The fourth-order valence-electron chi connectivity index (χ4n) is 7.46. The molecule has 4 nitrogen and oxygen atoms in total. The first-order valence-corrected chi connectivity index (χ1v) is 16.6. The van der Waals surface area contributed by atoms with E-state index in [0.717, 1.165) is 27.8 Å². The molecule has 0 atom stereocenters. The van der Waals surface area contributed by atoms with Gasteiger partial charge in [-0.2, -0.15) is 0 Å². The Hall–Kier alpha value is -5.13. The van der Waals surface area contributed by atoms with Gasteiger partial charge in [-0.15, -0.1) is 0 Å². The molecule has 0 bridgehead atoms. The number of ether oxygens (including phenoxy) is 2. The second kappa shape index (κ2) is 9.19. The van der Waals surface area contributed by atoms with Crippen LogP contribution in [-0.4, -0.2) is 8.42 Å². The van der Waals surface area contributed by atoms with Crippen LogP contribution in [0.2, 0.25) is 0 Å². The van der Waals surface area contributed by atoms with Crippen LogP contribution in [0.25, 0.3) is 22.3 Å². The summed E-state index contributed by atoms with van der Waals surface area (Å²) in [5.41, 5.74) is 9.62. The molecule has 6 aromatic rings. The Morgan fingerprint density at radius 1 is 0.533 bits per heavy atom. The van der Waals surface area contributed by atoms with Gasteiger partial charge in [0.2, 0.25) is 9.84 Å².